The van der Waals surface area contributed by atoms with Gasteiger partial charge in [0.05, 0.1) is 20.6 Å². The van der Waals surface area contributed by atoms with Crippen molar-refractivity contribution < 1.29 is 19.4 Å². The van der Waals surface area contributed by atoms with Crippen LogP contribution in [0.3, 0.4) is 0 Å². The Bertz CT molecular complexity index is 463. The zero-order valence-electron chi connectivity index (χ0n) is 13.1. The first-order chi connectivity index (χ1) is 9.97. The highest BCUT2D eigenvalue weighted by Crippen LogP contribution is 2.31. The summed E-state index contributed by atoms with van der Waals surface area (Å²) >= 11 is 0. The third-order valence-electron chi connectivity index (χ3n) is 3.14. The van der Waals surface area contributed by atoms with Crippen molar-refractivity contribution in [1.29, 1.82) is 0 Å². The van der Waals surface area contributed by atoms with Crippen LogP contribution < -0.4 is 14.4 Å². The lowest BCUT2D eigenvalue weighted by molar-refractivity contribution is -0.136. The Morgan fingerprint density at radius 3 is 2.29 bits per heavy atom. The zero-order chi connectivity index (χ0) is 15.8. The van der Waals surface area contributed by atoms with Crippen LogP contribution >= 0.6 is 0 Å². The summed E-state index contributed by atoms with van der Waals surface area (Å²) in [5.74, 6) is 0.498. The molecule has 0 spiro atoms. The first-order valence-electron chi connectivity index (χ1n) is 6.81. The molecule has 1 N–H and O–H groups in total. The molecule has 0 unspecified atom stereocenters. The van der Waals surface area contributed by atoms with Crippen LogP contribution in [0.15, 0.2) is 18.2 Å². The minimum atomic E-state index is -0.801. The summed E-state index contributed by atoms with van der Waals surface area (Å²) in [6.07, 6.45) is 0.0990. The molecule has 0 radical (unpaired) electrons. The molecule has 1 rings (SSSR count). The van der Waals surface area contributed by atoms with Crippen molar-refractivity contribution in [2.75, 3.05) is 52.8 Å². The van der Waals surface area contributed by atoms with Crippen molar-refractivity contribution in [3.05, 3.63) is 18.2 Å². The predicted molar refractivity (Wildman–Crippen MR) is 82.6 cm³/mol. The van der Waals surface area contributed by atoms with Gasteiger partial charge >= 0.3 is 5.97 Å². The highest BCUT2D eigenvalue weighted by molar-refractivity contribution is 5.68. The van der Waals surface area contributed by atoms with Crippen LogP contribution in [0.1, 0.15) is 6.42 Å². The van der Waals surface area contributed by atoms with E-state index in [4.69, 9.17) is 14.6 Å². The summed E-state index contributed by atoms with van der Waals surface area (Å²) in [4.78, 5) is 14.9. The second-order valence-corrected chi connectivity index (χ2v) is 4.97. The molecule has 0 saturated carbocycles. The number of likely N-dealkylation sites (N-methyl/N-ethyl adjacent to an activating group) is 1. The van der Waals surface area contributed by atoms with Gasteiger partial charge in [-0.05, 0) is 26.2 Å². The van der Waals surface area contributed by atoms with Gasteiger partial charge in [-0.25, -0.2) is 0 Å². The number of carboxylic acids is 1. The first kappa shape index (κ1) is 17.1. The molecule has 1 aromatic carbocycles. The van der Waals surface area contributed by atoms with E-state index in [0.717, 1.165) is 18.8 Å². The van der Waals surface area contributed by atoms with Gasteiger partial charge in [0.25, 0.3) is 0 Å². The molecule has 21 heavy (non-hydrogen) atoms. The molecule has 0 heterocycles. The Morgan fingerprint density at radius 1 is 1.10 bits per heavy atom. The van der Waals surface area contributed by atoms with E-state index in [1.165, 1.54) is 0 Å². The van der Waals surface area contributed by atoms with E-state index in [-0.39, 0.29) is 6.42 Å². The number of carbonyl (C=O) groups is 1. The molecule has 6 heteroatoms. The van der Waals surface area contributed by atoms with Crippen LogP contribution in [0.5, 0.6) is 11.5 Å². The average Bonchev–Trinajstić information content (AvgIpc) is 2.46. The monoisotopic (exact) mass is 296 g/mol. The molecule has 0 bridgehead atoms. The lowest BCUT2D eigenvalue weighted by Gasteiger charge is -2.26. The van der Waals surface area contributed by atoms with Crippen LogP contribution in [0.4, 0.5) is 5.69 Å². The van der Waals surface area contributed by atoms with Gasteiger partial charge in [-0.1, -0.05) is 0 Å². The standard InChI is InChI=1S/C15H24N2O4/c1-16(2)9-10-17(8-7-15(18)19)12-5-6-13(20-3)14(11-12)21-4/h5-6,11H,7-10H2,1-4H3,(H,18,19). The Kier molecular flexibility index (Phi) is 6.81. The van der Waals surface area contributed by atoms with E-state index in [0.29, 0.717) is 18.0 Å². The number of anilines is 1. The minimum Gasteiger partial charge on any atom is -0.493 e. The maximum Gasteiger partial charge on any atom is 0.305 e. The number of ether oxygens (including phenoxy) is 2. The van der Waals surface area contributed by atoms with Gasteiger partial charge in [0.2, 0.25) is 0 Å². The number of hydrogen-bond donors (Lipinski definition) is 1. The molecule has 0 amide bonds. The Balaban J connectivity index is 2.92. The van der Waals surface area contributed by atoms with Crippen molar-refractivity contribution in [2.45, 2.75) is 6.42 Å². The fourth-order valence-electron chi connectivity index (χ4n) is 1.94. The molecule has 0 aliphatic rings. The zero-order valence-corrected chi connectivity index (χ0v) is 13.1. The summed E-state index contributed by atoms with van der Waals surface area (Å²) in [7, 11) is 7.16. The van der Waals surface area contributed by atoms with Crippen molar-refractivity contribution in [3.63, 3.8) is 0 Å². The Labute approximate surface area is 125 Å². The van der Waals surface area contributed by atoms with E-state index in [1.807, 2.05) is 37.2 Å². The van der Waals surface area contributed by atoms with Crippen LogP contribution in [-0.2, 0) is 4.79 Å². The lowest BCUT2D eigenvalue weighted by atomic mass is 10.2. The number of nitrogens with zero attached hydrogens (tertiary/aromatic N) is 2. The number of benzene rings is 1. The van der Waals surface area contributed by atoms with E-state index in [9.17, 15) is 4.79 Å². The van der Waals surface area contributed by atoms with E-state index in [1.54, 1.807) is 14.2 Å². The molecule has 0 fully saturated rings. The van der Waals surface area contributed by atoms with E-state index >= 15 is 0 Å². The molecule has 0 aliphatic carbocycles. The fourth-order valence-corrected chi connectivity index (χ4v) is 1.94. The topological polar surface area (TPSA) is 62.2 Å². The van der Waals surface area contributed by atoms with Crippen molar-refractivity contribution in [2.24, 2.45) is 0 Å². The van der Waals surface area contributed by atoms with Gasteiger partial charge in [0, 0.05) is 31.4 Å². The van der Waals surface area contributed by atoms with Crippen LogP contribution in [0, 0.1) is 0 Å². The maximum atomic E-state index is 10.8. The molecule has 0 aromatic heterocycles. The van der Waals surface area contributed by atoms with Crippen molar-refractivity contribution in [3.8, 4) is 11.5 Å². The molecule has 6 nitrogen and oxygen atoms in total. The molecule has 0 atom stereocenters. The first-order valence-corrected chi connectivity index (χ1v) is 6.81. The molecular formula is C15H24N2O4. The molecule has 0 aliphatic heterocycles. The van der Waals surface area contributed by atoms with Gasteiger partial charge in [-0.2, -0.15) is 0 Å². The number of carboxylic acid groups (broad SMARTS) is 1. The van der Waals surface area contributed by atoms with Gasteiger partial charge in [-0.3, -0.25) is 4.79 Å². The Morgan fingerprint density at radius 2 is 1.76 bits per heavy atom. The molecular weight excluding hydrogens is 272 g/mol. The largest absolute Gasteiger partial charge is 0.493 e. The smallest absolute Gasteiger partial charge is 0.305 e. The molecule has 1 aromatic rings. The van der Waals surface area contributed by atoms with Gasteiger partial charge < -0.3 is 24.4 Å². The maximum absolute atomic E-state index is 10.8. The van der Waals surface area contributed by atoms with Crippen LogP contribution in [0.2, 0.25) is 0 Å². The van der Waals surface area contributed by atoms with Gasteiger partial charge in [-0.15, -0.1) is 0 Å². The van der Waals surface area contributed by atoms with Crippen molar-refractivity contribution in [1.82, 2.24) is 4.90 Å². The van der Waals surface area contributed by atoms with E-state index < -0.39 is 5.97 Å². The van der Waals surface area contributed by atoms with Crippen LogP contribution in [0.25, 0.3) is 0 Å². The third-order valence-corrected chi connectivity index (χ3v) is 3.14. The lowest BCUT2D eigenvalue weighted by Crippen LogP contribution is -2.33. The quantitative estimate of drug-likeness (QED) is 0.746. The van der Waals surface area contributed by atoms with Crippen LogP contribution in [-0.4, -0.2) is 63.9 Å². The summed E-state index contributed by atoms with van der Waals surface area (Å²) in [6, 6.07) is 5.62. The number of hydrogen-bond acceptors (Lipinski definition) is 5. The molecule has 0 saturated heterocycles. The summed E-state index contributed by atoms with van der Waals surface area (Å²) in [6.45, 7) is 2.04. The normalized spacial score (nSPS) is 10.5. The summed E-state index contributed by atoms with van der Waals surface area (Å²) < 4.78 is 10.5. The average molecular weight is 296 g/mol. The van der Waals surface area contributed by atoms with E-state index in [2.05, 4.69) is 4.90 Å². The Hall–Kier alpha value is -1.95. The molecule has 118 valence electrons. The number of methoxy groups -OCH3 is 2. The SMILES string of the molecule is COc1ccc(N(CCC(=O)O)CCN(C)C)cc1OC. The summed E-state index contributed by atoms with van der Waals surface area (Å²) in [5.41, 5.74) is 0.927. The number of rotatable bonds is 9. The van der Waals surface area contributed by atoms with Gasteiger partial charge in [0.15, 0.2) is 11.5 Å². The minimum absolute atomic E-state index is 0.0990. The highest BCUT2D eigenvalue weighted by atomic mass is 16.5. The predicted octanol–water partition coefficient (Wildman–Crippen LogP) is 1.55. The van der Waals surface area contributed by atoms with Gasteiger partial charge in [0.1, 0.15) is 0 Å². The second-order valence-electron chi connectivity index (χ2n) is 4.97. The third kappa shape index (κ3) is 5.51. The summed E-state index contributed by atoms with van der Waals surface area (Å²) in [5, 5.41) is 8.89. The highest BCUT2D eigenvalue weighted by Gasteiger charge is 2.12. The number of aliphatic carboxylic acids is 1. The second kappa shape index (κ2) is 8.36. The fraction of sp³-hybridized carbons (Fsp3) is 0.533. The van der Waals surface area contributed by atoms with Crippen molar-refractivity contribution >= 4 is 11.7 Å².